The zero-order valence-electron chi connectivity index (χ0n) is 33.5. The second-order valence-electron chi connectivity index (χ2n) is 17.6. The number of anilines is 1. The van der Waals surface area contributed by atoms with E-state index >= 15 is 0 Å². The molecule has 5 saturated heterocycles. The molecule has 6 aliphatic heterocycles. The molecular formula is C43H78N6. The van der Waals surface area contributed by atoms with Gasteiger partial charge in [0.15, 0.2) is 0 Å². The molecule has 1 saturated carbocycles. The summed E-state index contributed by atoms with van der Waals surface area (Å²) in [6.07, 6.45) is 17.2. The fraction of sp³-hybridized carbons (Fsp3) is 0.860. The maximum atomic E-state index is 2.76. The van der Waals surface area contributed by atoms with Crippen LogP contribution >= 0.6 is 0 Å². The third-order valence-electron chi connectivity index (χ3n) is 13.1. The van der Waals surface area contributed by atoms with Crippen LogP contribution in [-0.2, 0) is 6.42 Å². The lowest BCUT2D eigenvalue weighted by Gasteiger charge is -2.46. The molecule has 0 aromatic heterocycles. The predicted octanol–water partition coefficient (Wildman–Crippen LogP) is 8.20. The van der Waals surface area contributed by atoms with Crippen molar-refractivity contribution >= 4 is 5.69 Å². The van der Waals surface area contributed by atoms with Gasteiger partial charge in [0, 0.05) is 80.7 Å². The van der Waals surface area contributed by atoms with E-state index in [1.807, 2.05) is 0 Å². The molecule has 49 heavy (non-hydrogen) atoms. The summed E-state index contributed by atoms with van der Waals surface area (Å²) < 4.78 is 0. The third kappa shape index (κ3) is 10.7. The zero-order chi connectivity index (χ0) is 34.9. The van der Waals surface area contributed by atoms with Gasteiger partial charge >= 0.3 is 0 Å². The van der Waals surface area contributed by atoms with Gasteiger partial charge in [0.1, 0.15) is 0 Å². The Labute approximate surface area is 303 Å². The van der Waals surface area contributed by atoms with Crippen LogP contribution in [0.15, 0.2) is 24.3 Å². The maximum absolute atomic E-state index is 2.76. The summed E-state index contributed by atoms with van der Waals surface area (Å²) >= 11 is 0. The lowest BCUT2D eigenvalue weighted by Crippen LogP contribution is -2.52. The van der Waals surface area contributed by atoms with Gasteiger partial charge in [0.25, 0.3) is 0 Å². The second kappa shape index (κ2) is 19.1. The first kappa shape index (κ1) is 39.0. The van der Waals surface area contributed by atoms with Gasteiger partial charge in [0.2, 0.25) is 0 Å². The summed E-state index contributed by atoms with van der Waals surface area (Å²) in [4.78, 5) is 15.7. The predicted molar refractivity (Wildman–Crippen MR) is 212 cm³/mol. The number of piperazine rings is 1. The van der Waals surface area contributed by atoms with Crippen molar-refractivity contribution in [3.63, 3.8) is 0 Å². The zero-order valence-corrected chi connectivity index (χ0v) is 33.5. The normalized spacial score (nSPS) is 29.4. The molecule has 8 rings (SSSR count). The molecule has 0 bridgehead atoms. The summed E-state index contributed by atoms with van der Waals surface area (Å²) in [6.45, 7) is 30.2. The van der Waals surface area contributed by atoms with Gasteiger partial charge in [-0.2, -0.15) is 0 Å². The number of fused-ring (bicyclic) bond motifs is 4. The number of hydrogen-bond donors (Lipinski definition) is 0. The van der Waals surface area contributed by atoms with Crippen molar-refractivity contribution < 1.29 is 0 Å². The van der Waals surface area contributed by atoms with Crippen LogP contribution in [0.2, 0.25) is 0 Å². The number of hydrogen-bond acceptors (Lipinski definition) is 6. The summed E-state index contributed by atoms with van der Waals surface area (Å²) in [6, 6.07) is 14.4. The molecule has 1 aromatic carbocycles. The monoisotopic (exact) mass is 679 g/mol. The molecule has 4 unspecified atom stereocenters. The number of para-hydroxylation sites is 1. The van der Waals surface area contributed by atoms with E-state index in [1.54, 1.807) is 0 Å². The number of likely N-dealkylation sites (tertiary alicyclic amines) is 1. The molecule has 0 spiro atoms. The van der Waals surface area contributed by atoms with Crippen LogP contribution in [0.25, 0.3) is 0 Å². The van der Waals surface area contributed by atoms with E-state index < -0.39 is 0 Å². The van der Waals surface area contributed by atoms with E-state index in [-0.39, 0.29) is 0 Å². The quantitative estimate of drug-likeness (QED) is 0.318. The summed E-state index contributed by atoms with van der Waals surface area (Å²) in [5, 5.41) is 0. The van der Waals surface area contributed by atoms with Gasteiger partial charge in [-0.1, -0.05) is 31.0 Å². The molecule has 1 aliphatic carbocycles. The van der Waals surface area contributed by atoms with Gasteiger partial charge < -0.3 is 4.90 Å². The van der Waals surface area contributed by atoms with Crippen LogP contribution in [0.5, 0.6) is 0 Å². The van der Waals surface area contributed by atoms with Crippen LogP contribution in [0, 0.1) is 5.92 Å². The number of rotatable bonds is 4. The fourth-order valence-electron chi connectivity index (χ4n) is 10.1. The first-order valence-electron chi connectivity index (χ1n) is 21.2. The van der Waals surface area contributed by atoms with Crippen molar-refractivity contribution in [2.45, 2.75) is 175 Å². The standard InChI is InChI=1S/C12H23N.C12H17N.C10H20N2.C9H18N2/c2*1-10(2)13-9-5-7-11-6-3-4-8-12(11)13;1-9(2)12-7-6-11-5-3-4-10(11)8-12;1-8(2)11-6-9-4-3-5-10(9)7-11/h10-12H,3-9H2,1-2H3;3-4,6,8,10H,5,7,9H2,1-2H3;9-10H,3-8H2,1-2H3;8-9H,3-7H2,1-2H3. The molecule has 6 heterocycles. The average molecular weight is 679 g/mol. The highest BCUT2D eigenvalue weighted by molar-refractivity contribution is 5.55. The Balaban J connectivity index is 0.000000128. The minimum atomic E-state index is 0.626. The molecule has 6 heteroatoms. The van der Waals surface area contributed by atoms with Crippen molar-refractivity contribution in [3.05, 3.63) is 29.8 Å². The van der Waals surface area contributed by atoms with Gasteiger partial charge in [-0.3, -0.25) is 24.5 Å². The lowest BCUT2D eigenvalue weighted by molar-refractivity contribution is 0.0371. The first-order valence-corrected chi connectivity index (χ1v) is 21.2. The van der Waals surface area contributed by atoms with Crippen molar-refractivity contribution in [3.8, 4) is 0 Å². The Hall–Kier alpha value is -1.18. The molecule has 280 valence electrons. The first-order chi connectivity index (χ1) is 23.6. The molecular weight excluding hydrogens is 601 g/mol. The Kier molecular flexibility index (Phi) is 15.2. The number of piperidine rings is 1. The Morgan fingerprint density at radius 3 is 1.86 bits per heavy atom. The van der Waals surface area contributed by atoms with Crippen LogP contribution in [-0.4, -0.2) is 126 Å². The molecule has 0 N–H and O–H groups in total. The topological polar surface area (TPSA) is 19.4 Å². The molecule has 6 fully saturated rings. The third-order valence-corrected chi connectivity index (χ3v) is 13.1. The molecule has 0 radical (unpaired) electrons. The van der Waals surface area contributed by atoms with E-state index in [0.29, 0.717) is 6.04 Å². The fourth-order valence-corrected chi connectivity index (χ4v) is 10.1. The Bertz CT molecular complexity index is 1070. The van der Waals surface area contributed by atoms with E-state index in [0.717, 1.165) is 42.2 Å². The minimum Gasteiger partial charge on any atom is -0.369 e. The van der Waals surface area contributed by atoms with Crippen LogP contribution in [0.1, 0.15) is 132 Å². The highest BCUT2D eigenvalue weighted by Gasteiger charge is 2.35. The highest BCUT2D eigenvalue weighted by atomic mass is 15.4. The highest BCUT2D eigenvalue weighted by Crippen LogP contribution is 2.36. The summed E-state index contributed by atoms with van der Waals surface area (Å²) in [5.41, 5.74) is 2.96. The Morgan fingerprint density at radius 2 is 1.16 bits per heavy atom. The van der Waals surface area contributed by atoms with Crippen molar-refractivity contribution in [2.75, 3.05) is 63.9 Å². The van der Waals surface area contributed by atoms with Crippen molar-refractivity contribution in [2.24, 2.45) is 5.92 Å². The molecule has 1 aromatic rings. The molecule has 4 atom stereocenters. The van der Waals surface area contributed by atoms with Crippen LogP contribution in [0.4, 0.5) is 5.69 Å². The van der Waals surface area contributed by atoms with Crippen molar-refractivity contribution in [1.29, 1.82) is 0 Å². The largest absolute Gasteiger partial charge is 0.369 e. The molecule has 7 aliphatic rings. The van der Waals surface area contributed by atoms with E-state index in [2.05, 4.69) is 109 Å². The minimum absolute atomic E-state index is 0.626. The van der Waals surface area contributed by atoms with Gasteiger partial charge in [0.05, 0.1) is 6.67 Å². The number of aryl methyl sites for hydroxylation is 1. The van der Waals surface area contributed by atoms with Gasteiger partial charge in [-0.15, -0.1) is 0 Å². The van der Waals surface area contributed by atoms with Crippen LogP contribution < -0.4 is 4.90 Å². The number of nitrogens with zero attached hydrogens (tertiary/aromatic N) is 6. The summed E-state index contributed by atoms with van der Waals surface area (Å²) in [5.74, 6) is 1.05. The van der Waals surface area contributed by atoms with Gasteiger partial charge in [-0.05, 0) is 157 Å². The SMILES string of the molecule is CC(C)N1CC2CCCN2C1.CC(C)N1CCCC2CCCCC21.CC(C)N1CCCc2ccccc21.CC(C)N1CCN2CCCC2C1. The lowest BCUT2D eigenvalue weighted by atomic mass is 9.78. The van der Waals surface area contributed by atoms with E-state index in [1.165, 1.54) is 147 Å². The smallest absolute Gasteiger partial charge is 0.0512 e. The maximum Gasteiger partial charge on any atom is 0.0512 e. The second-order valence-corrected chi connectivity index (χ2v) is 17.6. The van der Waals surface area contributed by atoms with Gasteiger partial charge in [-0.25, -0.2) is 0 Å². The van der Waals surface area contributed by atoms with E-state index in [9.17, 15) is 0 Å². The molecule has 6 nitrogen and oxygen atoms in total. The molecule has 0 amide bonds. The average Bonchev–Trinajstić information content (AvgIpc) is 3.86. The van der Waals surface area contributed by atoms with Crippen LogP contribution in [0.3, 0.4) is 0 Å². The van der Waals surface area contributed by atoms with E-state index in [4.69, 9.17) is 0 Å². The summed E-state index contributed by atoms with van der Waals surface area (Å²) in [7, 11) is 0. The Morgan fingerprint density at radius 1 is 0.531 bits per heavy atom. The van der Waals surface area contributed by atoms with Crippen molar-refractivity contribution in [1.82, 2.24) is 24.5 Å². The number of benzene rings is 1.